The third-order valence-electron chi connectivity index (χ3n) is 2.82. The van der Waals surface area contributed by atoms with Crippen molar-refractivity contribution in [2.75, 3.05) is 12.3 Å². The van der Waals surface area contributed by atoms with E-state index in [2.05, 4.69) is 16.4 Å². The summed E-state index contributed by atoms with van der Waals surface area (Å²) < 4.78 is 0. The van der Waals surface area contributed by atoms with Crippen LogP contribution in [-0.4, -0.2) is 17.4 Å². The summed E-state index contributed by atoms with van der Waals surface area (Å²) >= 11 is 0. The predicted molar refractivity (Wildman–Crippen MR) is 64.1 cm³/mol. The number of carbonyl (C=O) groups excluding carboxylic acids is 1. The van der Waals surface area contributed by atoms with Crippen molar-refractivity contribution in [3.8, 4) is 0 Å². The van der Waals surface area contributed by atoms with Crippen molar-refractivity contribution in [3.05, 3.63) is 29.6 Å². The van der Waals surface area contributed by atoms with E-state index in [1.807, 2.05) is 0 Å². The van der Waals surface area contributed by atoms with Crippen LogP contribution in [0.15, 0.2) is 23.9 Å². The van der Waals surface area contributed by atoms with E-state index in [-0.39, 0.29) is 5.91 Å². The first-order valence-electron chi connectivity index (χ1n) is 5.66. The van der Waals surface area contributed by atoms with E-state index in [1.165, 1.54) is 24.8 Å². The van der Waals surface area contributed by atoms with Gasteiger partial charge in [0.25, 0.3) is 5.91 Å². The van der Waals surface area contributed by atoms with Gasteiger partial charge in [0.05, 0.1) is 0 Å². The zero-order valence-corrected chi connectivity index (χ0v) is 9.25. The molecule has 1 aliphatic carbocycles. The summed E-state index contributed by atoms with van der Waals surface area (Å²) in [7, 11) is 0. The number of aromatic amines is 1. The number of nitrogens with one attached hydrogen (secondary N) is 2. The van der Waals surface area contributed by atoms with Gasteiger partial charge in [0.2, 0.25) is 0 Å². The van der Waals surface area contributed by atoms with Crippen LogP contribution in [0.1, 0.15) is 36.2 Å². The largest absolute Gasteiger partial charge is 0.397 e. The molecule has 0 saturated carbocycles. The van der Waals surface area contributed by atoms with Gasteiger partial charge in [-0.25, -0.2) is 0 Å². The minimum Gasteiger partial charge on any atom is -0.397 e. The van der Waals surface area contributed by atoms with Gasteiger partial charge in [-0.15, -0.1) is 0 Å². The molecule has 16 heavy (non-hydrogen) atoms. The van der Waals surface area contributed by atoms with Crippen molar-refractivity contribution in [2.24, 2.45) is 0 Å². The molecule has 0 bridgehead atoms. The van der Waals surface area contributed by atoms with Crippen LogP contribution < -0.4 is 11.1 Å². The number of H-pyrrole nitrogens is 1. The van der Waals surface area contributed by atoms with Crippen LogP contribution in [-0.2, 0) is 0 Å². The van der Waals surface area contributed by atoms with E-state index >= 15 is 0 Å². The number of hydrogen-bond donors (Lipinski definition) is 3. The minimum absolute atomic E-state index is 0.0877. The Labute approximate surface area is 94.9 Å². The molecule has 1 aromatic rings. The Morgan fingerprint density at radius 3 is 3.06 bits per heavy atom. The average Bonchev–Trinajstić information content (AvgIpc) is 2.89. The Morgan fingerprint density at radius 2 is 2.44 bits per heavy atom. The lowest BCUT2D eigenvalue weighted by molar-refractivity contribution is 0.0950. The summed E-state index contributed by atoms with van der Waals surface area (Å²) in [6.07, 6.45) is 8.49. The first-order valence-corrected chi connectivity index (χ1v) is 5.66. The summed E-state index contributed by atoms with van der Waals surface area (Å²) in [5.41, 5.74) is 8.10. The van der Waals surface area contributed by atoms with Gasteiger partial charge in [-0.3, -0.25) is 4.79 Å². The van der Waals surface area contributed by atoms with Crippen LogP contribution in [0.4, 0.5) is 5.69 Å². The van der Waals surface area contributed by atoms with Crippen LogP contribution >= 0.6 is 0 Å². The molecule has 1 aromatic heterocycles. The molecular formula is C12H17N3O. The number of aromatic nitrogens is 1. The highest BCUT2D eigenvalue weighted by atomic mass is 16.1. The van der Waals surface area contributed by atoms with Crippen molar-refractivity contribution in [3.63, 3.8) is 0 Å². The highest BCUT2D eigenvalue weighted by molar-refractivity contribution is 5.93. The smallest absolute Gasteiger partial charge is 0.267 e. The number of nitrogens with two attached hydrogens (primary N) is 1. The van der Waals surface area contributed by atoms with Crippen LogP contribution in [0.25, 0.3) is 0 Å². The van der Waals surface area contributed by atoms with E-state index < -0.39 is 0 Å². The van der Waals surface area contributed by atoms with Crippen molar-refractivity contribution in [1.29, 1.82) is 0 Å². The molecule has 86 valence electrons. The molecule has 4 N–H and O–H groups in total. The zero-order valence-electron chi connectivity index (χ0n) is 9.25. The lowest BCUT2D eigenvalue weighted by Gasteiger charge is -2.04. The minimum atomic E-state index is -0.0877. The second kappa shape index (κ2) is 4.88. The Morgan fingerprint density at radius 1 is 1.56 bits per heavy atom. The summed E-state index contributed by atoms with van der Waals surface area (Å²) in [6.45, 7) is 0.698. The number of amides is 1. The molecular weight excluding hydrogens is 202 g/mol. The van der Waals surface area contributed by atoms with Gasteiger partial charge in [0.1, 0.15) is 5.69 Å². The number of anilines is 1. The number of allylic oxidation sites excluding steroid dienone is 1. The molecule has 0 atom stereocenters. The Kier molecular flexibility index (Phi) is 3.29. The number of nitrogen functional groups attached to an aromatic ring is 1. The molecule has 0 aromatic carbocycles. The summed E-state index contributed by atoms with van der Waals surface area (Å²) in [4.78, 5) is 14.4. The molecule has 0 saturated heterocycles. The third-order valence-corrected chi connectivity index (χ3v) is 2.82. The van der Waals surface area contributed by atoms with E-state index in [0.29, 0.717) is 17.9 Å². The molecule has 4 heteroatoms. The van der Waals surface area contributed by atoms with Gasteiger partial charge < -0.3 is 16.0 Å². The first kappa shape index (κ1) is 10.8. The zero-order chi connectivity index (χ0) is 11.4. The highest BCUT2D eigenvalue weighted by Gasteiger charge is 2.08. The van der Waals surface area contributed by atoms with Gasteiger partial charge >= 0.3 is 0 Å². The van der Waals surface area contributed by atoms with Gasteiger partial charge in [-0.05, 0) is 31.7 Å². The maximum atomic E-state index is 11.6. The Hall–Kier alpha value is -1.71. The number of carbonyl (C=O) groups is 1. The topological polar surface area (TPSA) is 70.9 Å². The molecule has 0 fully saturated rings. The third kappa shape index (κ3) is 2.66. The lowest BCUT2D eigenvalue weighted by atomic mass is 10.2. The van der Waals surface area contributed by atoms with Crippen molar-refractivity contribution in [2.45, 2.75) is 25.7 Å². The standard InChI is InChI=1S/C12H17N3O/c13-10-7-11(15-8-10)12(16)14-6-5-9-3-1-2-4-9/h3,7-8,15H,1-2,4-6,13H2,(H,14,16). The van der Waals surface area contributed by atoms with Crippen molar-refractivity contribution >= 4 is 11.6 Å². The molecule has 0 radical (unpaired) electrons. The van der Waals surface area contributed by atoms with E-state index in [4.69, 9.17) is 5.73 Å². The summed E-state index contributed by atoms with van der Waals surface area (Å²) in [5.74, 6) is -0.0877. The van der Waals surface area contributed by atoms with Crippen molar-refractivity contribution in [1.82, 2.24) is 10.3 Å². The fourth-order valence-electron chi connectivity index (χ4n) is 1.94. The maximum absolute atomic E-state index is 11.6. The molecule has 1 amide bonds. The van der Waals surface area contributed by atoms with E-state index in [9.17, 15) is 4.79 Å². The van der Waals surface area contributed by atoms with Crippen LogP contribution in [0, 0.1) is 0 Å². The SMILES string of the molecule is Nc1c[nH]c(C(=O)NCCC2=CCCC2)c1. The molecule has 1 heterocycles. The van der Waals surface area contributed by atoms with Crippen LogP contribution in [0.2, 0.25) is 0 Å². The van der Waals surface area contributed by atoms with E-state index in [1.54, 1.807) is 12.3 Å². The molecule has 0 unspecified atom stereocenters. The van der Waals surface area contributed by atoms with Gasteiger partial charge in [0.15, 0.2) is 0 Å². The second-order valence-electron chi connectivity index (χ2n) is 4.11. The average molecular weight is 219 g/mol. The number of rotatable bonds is 4. The Bertz CT molecular complexity index is 406. The quantitative estimate of drug-likeness (QED) is 0.676. The molecule has 0 spiro atoms. The fourth-order valence-corrected chi connectivity index (χ4v) is 1.94. The normalized spacial score (nSPS) is 14.9. The van der Waals surface area contributed by atoms with Crippen molar-refractivity contribution < 1.29 is 4.79 Å². The maximum Gasteiger partial charge on any atom is 0.267 e. The Balaban J connectivity index is 1.75. The molecule has 4 nitrogen and oxygen atoms in total. The summed E-state index contributed by atoms with van der Waals surface area (Å²) in [5, 5.41) is 2.87. The highest BCUT2D eigenvalue weighted by Crippen LogP contribution is 2.19. The fraction of sp³-hybridized carbons (Fsp3) is 0.417. The number of hydrogen-bond acceptors (Lipinski definition) is 2. The van der Waals surface area contributed by atoms with Gasteiger partial charge in [0, 0.05) is 18.4 Å². The van der Waals surface area contributed by atoms with E-state index in [0.717, 1.165) is 6.42 Å². The monoisotopic (exact) mass is 219 g/mol. The summed E-state index contributed by atoms with van der Waals surface area (Å²) in [6, 6.07) is 1.64. The molecule has 1 aliphatic rings. The van der Waals surface area contributed by atoms with Gasteiger partial charge in [-0.2, -0.15) is 0 Å². The van der Waals surface area contributed by atoms with Crippen LogP contribution in [0.3, 0.4) is 0 Å². The molecule has 2 rings (SSSR count). The van der Waals surface area contributed by atoms with Gasteiger partial charge in [-0.1, -0.05) is 11.6 Å². The second-order valence-corrected chi connectivity index (χ2v) is 4.11. The molecule has 0 aliphatic heterocycles. The lowest BCUT2D eigenvalue weighted by Crippen LogP contribution is -2.24. The predicted octanol–water partition coefficient (Wildman–Crippen LogP) is 1.83. The first-order chi connectivity index (χ1) is 7.75. The van der Waals surface area contributed by atoms with Crippen LogP contribution in [0.5, 0.6) is 0 Å².